The monoisotopic (exact) mass is 475 g/mol. The number of fused-ring (bicyclic) bond motifs is 2. The van der Waals surface area contributed by atoms with Crippen molar-refractivity contribution in [3.63, 3.8) is 0 Å². The number of rotatable bonds is 5. The molecule has 0 unspecified atom stereocenters. The normalized spacial score (nSPS) is 13.3. The standard InChI is InChI=1S/C26H25N3O2S2/c1-3-28-25(31)24-23(20(15-32-24)18-12-10-17(2)11-13-18)27-26(28)33-16-22(30)29-14-6-8-19-7-4-5-9-21(19)29/h4-5,7,9-13,15H,3,6,8,14,16H2,1-2H3. The Morgan fingerprint density at radius 3 is 2.73 bits per heavy atom. The second-order valence-corrected chi connectivity index (χ2v) is 10.0. The van der Waals surface area contributed by atoms with E-state index in [2.05, 4.69) is 37.3 Å². The topological polar surface area (TPSA) is 55.2 Å². The van der Waals surface area contributed by atoms with Crippen molar-refractivity contribution in [2.24, 2.45) is 0 Å². The average Bonchev–Trinajstić information content (AvgIpc) is 3.27. The zero-order valence-electron chi connectivity index (χ0n) is 18.7. The van der Waals surface area contributed by atoms with Crippen LogP contribution in [0.15, 0.2) is 63.9 Å². The van der Waals surface area contributed by atoms with Crippen LogP contribution in [0.5, 0.6) is 0 Å². The summed E-state index contributed by atoms with van der Waals surface area (Å²) in [6.07, 6.45) is 1.97. The van der Waals surface area contributed by atoms with Crippen molar-refractivity contribution in [3.8, 4) is 11.1 Å². The van der Waals surface area contributed by atoms with E-state index < -0.39 is 0 Å². The van der Waals surface area contributed by atoms with Crippen molar-refractivity contribution >= 4 is 44.9 Å². The second-order valence-electron chi connectivity index (χ2n) is 8.20. The van der Waals surface area contributed by atoms with Gasteiger partial charge in [0.2, 0.25) is 5.91 Å². The third-order valence-electron chi connectivity index (χ3n) is 6.06. The van der Waals surface area contributed by atoms with Crippen LogP contribution < -0.4 is 10.5 Å². The molecule has 0 atom stereocenters. The molecule has 168 valence electrons. The highest BCUT2D eigenvalue weighted by Crippen LogP contribution is 2.33. The molecule has 0 aliphatic carbocycles. The van der Waals surface area contributed by atoms with Gasteiger partial charge in [0.25, 0.3) is 5.56 Å². The molecule has 2 aromatic heterocycles. The zero-order valence-corrected chi connectivity index (χ0v) is 20.3. The van der Waals surface area contributed by atoms with Crippen molar-refractivity contribution in [2.45, 2.75) is 38.4 Å². The zero-order chi connectivity index (χ0) is 22.9. The Hall–Kier alpha value is -2.90. The van der Waals surface area contributed by atoms with E-state index in [1.54, 1.807) is 4.57 Å². The lowest BCUT2D eigenvalue weighted by molar-refractivity contribution is -0.116. The first-order valence-electron chi connectivity index (χ1n) is 11.2. The summed E-state index contributed by atoms with van der Waals surface area (Å²) in [5, 5.41) is 2.61. The lowest BCUT2D eigenvalue weighted by Gasteiger charge is -2.29. The average molecular weight is 476 g/mol. The van der Waals surface area contributed by atoms with Crippen molar-refractivity contribution < 1.29 is 4.79 Å². The number of para-hydroxylation sites is 1. The van der Waals surface area contributed by atoms with Gasteiger partial charge in [-0.05, 0) is 43.9 Å². The first kappa shape index (κ1) is 21.9. The molecule has 0 fully saturated rings. The third kappa shape index (κ3) is 4.11. The van der Waals surface area contributed by atoms with Crippen LogP contribution in [0.3, 0.4) is 0 Å². The number of hydrogen-bond acceptors (Lipinski definition) is 5. The van der Waals surface area contributed by atoms with Crippen molar-refractivity contribution in [3.05, 3.63) is 75.4 Å². The fraction of sp³-hybridized carbons (Fsp3) is 0.269. The summed E-state index contributed by atoms with van der Waals surface area (Å²) in [5.41, 5.74) is 6.10. The van der Waals surface area contributed by atoms with Gasteiger partial charge < -0.3 is 4.90 Å². The Morgan fingerprint density at radius 1 is 1.15 bits per heavy atom. The van der Waals surface area contributed by atoms with Gasteiger partial charge in [-0.25, -0.2) is 4.98 Å². The quantitative estimate of drug-likeness (QED) is 0.282. The highest BCUT2D eigenvalue weighted by atomic mass is 32.2. The van der Waals surface area contributed by atoms with Gasteiger partial charge in [0, 0.05) is 29.7 Å². The predicted octanol–water partition coefficient (Wildman–Crippen LogP) is 5.52. The molecular weight excluding hydrogens is 450 g/mol. The molecule has 5 rings (SSSR count). The van der Waals surface area contributed by atoms with Gasteiger partial charge in [-0.1, -0.05) is 59.8 Å². The molecular formula is C26H25N3O2S2. The molecule has 0 radical (unpaired) electrons. The van der Waals surface area contributed by atoms with E-state index in [-0.39, 0.29) is 17.2 Å². The molecule has 1 aliphatic rings. The van der Waals surface area contributed by atoms with E-state index in [9.17, 15) is 9.59 Å². The molecule has 1 amide bonds. The number of carbonyl (C=O) groups is 1. The highest BCUT2D eigenvalue weighted by Gasteiger charge is 2.23. The number of benzene rings is 2. The van der Waals surface area contributed by atoms with E-state index in [0.717, 1.165) is 41.7 Å². The summed E-state index contributed by atoms with van der Waals surface area (Å²) in [5.74, 6) is 0.296. The van der Waals surface area contributed by atoms with Crippen LogP contribution in [0.25, 0.3) is 21.3 Å². The van der Waals surface area contributed by atoms with Crippen LogP contribution in [-0.4, -0.2) is 27.8 Å². The SMILES string of the molecule is CCn1c(SCC(=O)N2CCCc3ccccc32)nc2c(-c3ccc(C)cc3)csc2c1=O. The molecule has 4 aromatic rings. The van der Waals surface area contributed by atoms with Gasteiger partial charge in [-0.2, -0.15) is 0 Å². The summed E-state index contributed by atoms with van der Waals surface area (Å²) in [6.45, 7) is 5.24. The van der Waals surface area contributed by atoms with E-state index in [0.29, 0.717) is 16.4 Å². The van der Waals surface area contributed by atoms with Gasteiger partial charge in [0.05, 0.1) is 11.3 Å². The van der Waals surface area contributed by atoms with Crippen LogP contribution >= 0.6 is 23.1 Å². The summed E-state index contributed by atoms with van der Waals surface area (Å²) in [4.78, 5) is 33.1. The lowest BCUT2D eigenvalue weighted by Crippen LogP contribution is -2.36. The maximum absolute atomic E-state index is 13.2. The van der Waals surface area contributed by atoms with Crippen molar-refractivity contribution in [1.82, 2.24) is 9.55 Å². The van der Waals surface area contributed by atoms with Crippen LogP contribution in [0.4, 0.5) is 5.69 Å². The number of carbonyl (C=O) groups excluding carboxylic acids is 1. The van der Waals surface area contributed by atoms with E-state index in [1.165, 1.54) is 34.2 Å². The van der Waals surface area contributed by atoms with Gasteiger partial charge in [0.1, 0.15) is 4.70 Å². The Balaban J connectivity index is 1.47. The number of anilines is 1. The number of aromatic nitrogens is 2. The minimum absolute atomic E-state index is 0.0378. The minimum Gasteiger partial charge on any atom is -0.311 e. The molecule has 0 saturated carbocycles. The van der Waals surface area contributed by atoms with Gasteiger partial charge in [-0.3, -0.25) is 14.2 Å². The molecule has 33 heavy (non-hydrogen) atoms. The van der Waals surface area contributed by atoms with Gasteiger partial charge in [0.15, 0.2) is 5.16 Å². The van der Waals surface area contributed by atoms with Crippen LogP contribution in [0.2, 0.25) is 0 Å². The predicted molar refractivity (Wildman–Crippen MR) is 138 cm³/mol. The summed E-state index contributed by atoms with van der Waals surface area (Å²) < 4.78 is 2.34. The third-order valence-corrected chi connectivity index (χ3v) is 7.98. The largest absolute Gasteiger partial charge is 0.311 e. The Morgan fingerprint density at radius 2 is 1.94 bits per heavy atom. The Kier molecular flexibility index (Phi) is 6.08. The fourth-order valence-electron chi connectivity index (χ4n) is 4.30. The van der Waals surface area contributed by atoms with Crippen LogP contribution in [0.1, 0.15) is 24.5 Å². The maximum Gasteiger partial charge on any atom is 0.272 e. The number of aryl methyl sites for hydroxylation is 2. The molecule has 2 aromatic carbocycles. The smallest absolute Gasteiger partial charge is 0.272 e. The summed E-state index contributed by atoms with van der Waals surface area (Å²) >= 11 is 2.79. The minimum atomic E-state index is -0.0378. The fourth-order valence-corrected chi connectivity index (χ4v) is 6.20. The lowest BCUT2D eigenvalue weighted by atomic mass is 10.0. The molecule has 0 bridgehead atoms. The van der Waals surface area contributed by atoms with Crippen molar-refractivity contribution in [2.75, 3.05) is 17.2 Å². The summed E-state index contributed by atoms with van der Waals surface area (Å²) in [7, 11) is 0. The van der Waals surface area contributed by atoms with Crippen LogP contribution in [-0.2, 0) is 17.8 Å². The van der Waals surface area contributed by atoms with Gasteiger partial charge >= 0.3 is 0 Å². The van der Waals surface area contributed by atoms with Crippen LogP contribution in [0, 0.1) is 6.92 Å². The number of nitrogens with zero attached hydrogens (tertiary/aromatic N) is 3. The molecule has 0 N–H and O–H groups in total. The molecule has 5 nitrogen and oxygen atoms in total. The van der Waals surface area contributed by atoms with Gasteiger partial charge in [-0.15, -0.1) is 11.3 Å². The molecule has 1 aliphatic heterocycles. The number of amides is 1. The van der Waals surface area contributed by atoms with E-state index in [1.807, 2.05) is 35.4 Å². The molecule has 0 spiro atoms. The number of hydrogen-bond donors (Lipinski definition) is 0. The molecule has 3 heterocycles. The molecule has 7 heteroatoms. The first-order valence-corrected chi connectivity index (χ1v) is 13.0. The molecule has 0 saturated heterocycles. The second kappa shape index (κ2) is 9.15. The number of thioether (sulfide) groups is 1. The number of thiophene rings is 1. The maximum atomic E-state index is 13.2. The Labute approximate surface area is 201 Å². The van der Waals surface area contributed by atoms with Crippen molar-refractivity contribution in [1.29, 1.82) is 0 Å². The Bertz CT molecular complexity index is 1390. The van der Waals surface area contributed by atoms with E-state index >= 15 is 0 Å². The highest BCUT2D eigenvalue weighted by molar-refractivity contribution is 7.99. The summed E-state index contributed by atoms with van der Waals surface area (Å²) in [6, 6.07) is 16.4. The first-order chi connectivity index (χ1) is 16.1. The van der Waals surface area contributed by atoms with E-state index in [4.69, 9.17) is 4.98 Å².